The van der Waals surface area contributed by atoms with Gasteiger partial charge in [0.2, 0.25) is 0 Å². The third kappa shape index (κ3) is 4.16. The molecule has 2 amide bonds. The summed E-state index contributed by atoms with van der Waals surface area (Å²) in [6.07, 6.45) is 3.39. The molecule has 0 fully saturated rings. The highest BCUT2D eigenvalue weighted by atomic mass is 35.5. The molecule has 0 bridgehead atoms. The average molecular weight is 359 g/mol. The van der Waals surface area contributed by atoms with Crippen molar-refractivity contribution in [2.45, 2.75) is 6.04 Å². The Hall–Kier alpha value is -2.86. The van der Waals surface area contributed by atoms with E-state index in [1.54, 1.807) is 53.4 Å². The highest BCUT2D eigenvalue weighted by Gasteiger charge is 2.21. The maximum Gasteiger partial charge on any atom is 0.320 e. The molecule has 0 aliphatic carbocycles. The van der Waals surface area contributed by atoms with Crippen molar-refractivity contribution < 1.29 is 9.18 Å². The molecule has 0 unspecified atom stereocenters. The summed E-state index contributed by atoms with van der Waals surface area (Å²) in [5, 5.41) is 6.06. The number of hydrogen-bond acceptors (Lipinski definition) is 2. The maximum absolute atomic E-state index is 13.6. The molecule has 3 aromatic rings. The van der Waals surface area contributed by atoms with Gasteiger partial charge in [0, 0.05) is 30.2 Å². The van der Waals surface area contributed by atoms with Gasteiger partial charge < -0.3 is 15.2 Å². The van der Waals surface area contributed by atoms with Gasteiger partial charge in [-0.15, -0.1) is 0 Å². The predicted octanol–water partition coefficient (Wildman–Crippen LogP) is 4.12. The highest BCUT2D eigenvalue weighted by molar-refractivity contribution is 6.30. The van der Waals surface area contributed by atoms with Crippen LogP contribution in [0.15, 0.2) is 60.9 Å². The van der Waals surface area contributed by atoms with Gasteiger partial charge in [0.25, 0.3) is 0 Å². The van der Waals surface area contributed by atoms with E-state index in [1.807, 2.05) is 7.05 Å². The molecule has 1 heterocycles. The number of halogens is 2. The fraction of sp³-hybridized carbons (Fsp3) is 0.111. The lowest BCUT2D eigenvalue weighted by Gasteiger charge is -2.19. The minimum atomic E-state index is -0.602. The van der Waals surface area contributed by atoms with Gasteiger partial charge in [0.15, 0.2) is 0 Å². The molecular weight excluding hydrogens is 343 g/mol. The van der Waals surface area contributed by atoms with Gasteiger partial charge in [-0.05, 0) is 35.9 Å². The van der Waals surface area contributed by atoms with E-state index in [4.69, 9.17) is 11.6 Å². The van der Waals surface area contributed by atoms with Gasteiger partial charge in [-0.1, -0.05) is 29.8 Å². The number of amides is 2. The van der Waals surface area contributed by atoms with E-state index in [9.17, 15) is 9.18 Å². The van der Waals surface area contributed by atoms with Crippen LogP contribution in [-0.4, -0.2) is 15.6 Å². The standard InChI is InChI=1S/C18H16ClFN4O/c1-24-9-8-21-17(24)16(12-4-2-6-14(20)10-12)23-18(25)22-15-7-3-5-13(19)11-15/h2-11,16H,1H3,(H2,22,23,25)/t16-/m0/s1. The first-order chi connectivity index (χ1) is 12.0. The molecule has 0 saturated heterocycles. The van der Waals surface area contributed by atoms with Gasteiger partial charge in [-0.3, -0.25) is 0 Å². The quantitative estimate of drug-likeness (QED) is 0.737. The molecule has 128 valence electrons. The summed E-state index contributed by atoms with van der Waals surface area (Å²) < 4.78 is 15.4. The minimum Gasteiger partial charge on any atom is -0.336 e. The number of anilines is 1. The summed E-state index contributed by atoms with van der Waals surface area (Å²) in [6, 6.07) is 11.8. The van der Waals surface area contributed by atoms with Crippen molar-refractivity contribution in [1.29, 1.82) is 0 Å². The lowest BCUT2D eigenvalue weighted by Crippen LogP contribution is -2.34. The van der Waals surface area contributed by atoms with E-state index >= 15 is 0 Å². The van der Waals surface area contributed by atoms with Crippen LogP contribution < -0.4 is 10.6 Å². The smallest absolute Gasteiger partial charge is 0.320 e. The highest BCUT2D eigenvalue weighted by Crippen LogP contribution is 2.22. The molecule has 0 aliphatic rings. The monoisotopic (exact) mass is 358 g/mol. The summed E-state index contributed by atoms with van der Waals surface area (Å²) in [7, 11) is 1.81. The van der Waals surface area contributed by atoms with Crippen LogP contribution in [0.2, 0.25) is 5.02 Å². The largest absolute Gasteiger partial charge is 0.336 e. The summed E-state index contributed by atoms with van der Waals surface area (Å²) in [5.41, 5.74) is 1.15. The van der Waals surface area contributed by atoms with Crippen LogP contribution in [0.5, 0.6) is 0 Å². The van der Waals surface area contributed by atoms with Crippen LogP contribution in [0.4, 0.5) is 14.9 Å². The molecule has 7 heteroatoms. The fourth-order valence-corrected chi connectivity index (χ4v) is 2.69. The van der Waals surface area contributed by atoms with Crippen LogP contribution in [0, 0.1) is 5.82 Å². The van der Waals surface area contributed by atoms with Crippen molar-refractivity contribution in [3.8, 4) is 0 Å². The summed E-state index contributed by atoms with van der Waals surface area (Å²) in [6.45, 7) is 0. The second-order valence-corrected chi connectivity index (χ2v) is 5.93. The van der Waals surface area contributed by atoms with Crippen molar-refractivity contribution in [3.63, 3.8) is 0 Å². The van der Waals surface area contributed by atoms with Crippen LogP contribution in [-0.2, 0) is 7.05 Å². The Morgan fingerprint density at radius 2 is 2.04 bits per heavy atom. The number of urea groups is 1. The van der Waals surface area contributed by atoms with Gasteiger partial charge in [0.1, 0.15) is 17.7 Å². The van der Waals surface area contributed by atoms with Crippen LogP contribution in [0.1, 0.15) is 17.4 Å². The Bertz CT molecular complexity index is 896. The van der Waals surface area contributed by atoms with E-state index in [2.05, 4.69) is 15.6 Å². The van der Waals surface area contributed by atoms with Crippen molar-refractivity contribution in [3.05, 3.63) is 83.2 Å². The summed E-state index contributed by atoms with van der Waals surface area (Å²) >= 11 is 5.92. The second-order valence-electron chi connectivity index (χ2n) is 5.49. The molecule has 25 heavy (non-hydrogen) atoms. The van der Waals surface area contributed by atoms with E-state index in [1.165, 1.54) is 12.1 Å². The molecule has 1 aromatic heterocycles. The Morgan fingerprint density at radius 1 is 1.24 bits per heavy atom. The number of carbonyl (C=O) groups excluding carboxylic acids is 1. The van der Waals surface area contributed by atoms with Gasteiger partial charge in [-0.25, -0.2) is 14.2 Å². The first-order valence-electron chi connectivity index (χ1n) is 7.59. The molecule has 0 aliphatic heterocycles. The fourth-order valence-electron chi connectivity index (χ4n) is 2.50. The number of nitrogens with one attached hydrogen (secondary N) is 2. The zero-order valence-corrected chi connectivity index (χ0v) is 14.2. The molecule has 3 rings (SSSR count). The van der Waals surface area contributed by atoms with E-state index in [0.29, 0.717) is 22.1 Å². The summed E-state index contributed by atoms with van der Waals surface area (Å²) in [5.74, 6) is 0.209. The first kappa shape index (κ1) is 17.0. The van der Waals surface area contributed by atoms with E-state index < -0.39 is 12.1 Å². The number of rotatable bonds is 4. The maximum atomic E-state index is 13.6. The van der Waals surface area contributed by atoms with Gasteiger partial charge in [-0.2, -0.15) is 0 Å². The SMILES string of the molecule is Cn1ccnc1[C@@H](NC(=O)Nc1cccc(Cl)c1)c1cccc(F)c1. The Labute approximate surface area is 149 Å². The third-order valence-electron chi connectivity index (χ3n) is 3.66. The Morgan fingerprint density at radius 3 is 2.72 bits per heavy atom. The molecule has 0 saturated carbocycles. The van der Waals surface area contributed by atoms with Gasteiger partial charge >= 0.3 is 6.03 Å². The number of carbonyl (C=O) groups is 1. The number of aryl methyl sites for hydroxylation is 1. The minimum absolute atomic E-state index is 0.381. The molecule has 5 nitrogen and oxygen atoms in total. The van der Waals surface area contributed by atoms with E-state index in [-0.39, 0.29) is 5.82 Å². The predicted molar refractivity (Wildman–Crippen MR) is 95.1 cm³/mol. The lowest BCUT2D eigenvalue weighted by molar-refractivity contribution is 0.249. The number of benzene rings is 2. The molecular formula is C18H16ClFN4O. The van der Waals surface area contributed by atoms with Crippen molar-refractivity contribution >= 4 is 23.3 Å². The topological polar surface area (TPSA) is 59.0 Å². The third-order valence-corrected chi connectivity index (χ3v) is 3.89. The Balaban J connectivity index is 1.85. The number of nitrogens with zero attached hydrogens (tertiary/aromatic N) is 2. The molecule has 2 N–H and O–H groups in total. The van der Waals surface area contributed by atoms with Gasteiger partial charge in [0.05, 0.1) is 0 Å². The zero-order valence-electron chi connectivity index (χ0n) is 13.4. The van der Waals surface area contributed by atoms with E-state index in [0.717, 1.165) is 0 Å². The molecule has 0 radical (unpaired) electrons. The van der Waals surface area contributed by atoms with Crippen molar-refractivity contribution in [2.24, 2.45) is 7.05 Å². The first-order valence-corrected chi connectivity index (χ1v) is 7.96. The number of aromatic nitrogens is 2. The van der Waals surface area contributed by atoms with Crippen LogP contribution >= 0.6 is 11.6 Å². The molecule has 2 aromatic carbocycles. The zero-order chi connectivity index (χ0) is 17.8. The van der Waals surface area contributed by atoms with Crippen molar-refractivity contribution in [1.82, 2.24) is 14.9 Å². The Kier molecular flexibility index (Phi) is 5.00. The van der Waals surface area contributed by atoms with Crippen molar-refractivity contribution in [2.75, 3.05) is 5.32 Å². The number of imidazole rings is 1. The van der Waals surface area contributed by atoms with Crippen LogP contribution in [0.25, 0.3) is 0 Å². The lowest BCUT2D eigenvalue weighted by atomic mass is 10.1. The number of hydrogen-bond donors (Lipinski definition) is 2. The normalized spacial score (nSPS) is 11.8. The molecule has 1 atom stereocenters. The van der Waals surface area contributed by atoms with Crippen LogP contribution in [0.3, 0.4) is 0 Å². The molecule has 0 spiro atoms. The summed E-state index contributed by atoms with van der Waals surface area (Å²) in [4.78, 5) is 16.7. The average Bonchev–Trinajstić information content (AvgIpc) is 2.98. The second kappa shape index (κ2) is 7.36.